The summed E-state index contributed by atoms with van der Waals surface area (Å²) in [5, 5.41) is 4.00. The summed E-state index contributed by atoms with van der Waals surface area (Å²) >= 11 is 0. The van der Waals surface area contributed by atoms with Crippen LogP contribution in [0.4, 0.5) is 11.4 Å². The molecular formula is C30H27N3O3. The molecule has 0 saturated carbocycles. The van der Waals surface area contributed by atoms with Crippen molar-refractivity contribution in [3.8, 4) is 0 Å². The molecule has 6 heteroatoms. The van der Waals surface area contributed by atoms with Gasteiger partial charge in [0.25, 0.3) is 5.91 Å². The fraction of sp³-hybridized carbons (Fsp3) is 0.200. The first-order valence-corrected chi connectivity index (χ1v) is 12.4. The molecule has 2 aliphatic heterocycles. The summed E-state index contributed by atoms with van der Waals surface area (Å²) < 4.78 is 7.57. The summed E-state index contributed by atoms with van der Waals surface area (Å²) in [4.78, 5) is 28.2. The predicted octanol–water partition coefficient (Wildman–Crippen LogP) is 5.16. The number of nitrogens with one attached hydrogen (secondary N) is 1. The van der Waals surface area contributed by atoms with Gasteiger partial charge in [-0.15, -0.1) is 0 Å². The highest BCUT2D eigenvalue weighted by Crippen LogP contribution is 2.42. The average molecular weight is 478 g/mol. The number of nitrogens with zero attached hydrogens (tertiary/aromatic N) is 2. The van der Waals surface area contributed by atoms with E-state index in [9.17, 15) is 9.59 Å². The number of fused-ring (bicyclic) bond motifs is 2. The quantitative estimate of drug-likeness (QED) is 0.391. The largest absolute Gasteiger partial charge is 0.376 e. The van der Waals surface area contributed by atoms with E-state index in [0.29, 0.717) is 12.1 Å². The molecule has 180 valence electrons. The van der Waals surface area contributed by atoms with Crippen molar-refractivity contribution in [1.82, 2.24) is 9.88 Å². The summed E-state index contributed by atoms with van der Waals surface area (Å²) in [6, 6.07) is 25.5. The SMILES string of the molecule is O=C(Cn1cc(/C=C2/C(=O)N(c3ccccc3)c3ccccc32)c2ccccc21)NC[C@H]1CCCO1. The van der Waals surface area contributed by atoms with E-state index in [1.165, 1.54) is 0 Å². The van der Waals surface area contributed by atoms with Crippen molar-refractivity contribution in [2.75, 3.05) is 18.1 Å². The van der Waals surface area contributed by atoms with Gasteiger partial charge in [0.15, 0.2) is 0 Å². The van der Waals surface area contributed by atoms with Crippen LogP contribution in [0.25, 0.3) is 22.6 Å². The molecule has 1 saturated heterocycles. The van der Waals surface area contributed by atoms with Gasteiger partial charge >= 0.3 is 0 Å². The van der Waals surface area contributed by atoms with Crippen molar-refractivity contribution in [2.24, 2.45) is 0 Å². The van der Waals surface area contributed by atoms with E-state index in [4.69, 9.17) is 4.74 Å². The lowest BCUT2D eigenvalue weighted by Gasteiger charge is -2.16. The smallest absolute Gasteiger partial charge is 0.263 e. The van der Waals surface area contributed by atoms with Gasteiger partial charge in [0.05, 0.1) is 17.4 Å². The minimum Gasteiger partial charge on any atom is -0.376 e. The van der Waals surface area contributed by atoms with Gasteiger partial charge in [0.2, 0.25) is 5.91 Å². The minimum absolute atomic E-state index is 0.0528. The second-order valence-electron chi connectivity index (χ2n) is 9.22. The van der Waals surface area contributed by atoms with Crippen LogP contribution in [0.2, 0.25) is 0 Å². The number of benzene rings is 3. The maximum atomic E-state index is 13.7. The Balaban J connectivity index is 1.34. The lowest BCUT2D eigenvalue weighted by atomic mass is 10.0. The maximum absolute atomic E-state index is 13.7. The number of carbonyl (C=O) groups excluding carboxylic acids is 2. The molecule has 4 aromatic rings. The lowest BCUT2D eigenvalue weighted by Crippen LogP contribution is -2.34. The van der Waals surface area contributed by atoms with Crippen LogP contribution < -0.4 is 10.2 Å². The van der Waals surface area contributed by atoms with Gasteiger partial charge in [-0.05, 0) is 43.2 Å². The zero-order valence-corrected chi connectivity index (χ0v) is 19.9. The Morgan fingerprint density at radius 2 is 1.78 bits per heavy atom. The van der Waals surface area contributed by atoms with Crippen LogP contribution in [0.15, 0.2) is 85.1 Å². The highest BCUT2D eigenvalue weighted by atomic mass is 16.5. The van der Waals surface area contributed by atoms with Crippen LogP contribution in [-0.4, -0.2) is 35.6 Å². The number of para-hydroxylation sites is 3. The van der Waals surface area contributed by atoms with Crippen LogP contribution in [0.1, 0.15) is 24.0 Å². The topological polar surface area (TPSA) is 63.6 Å². The van der Waals surface area contributed by atoms with Crippen LogP contribution in [0.3, 0.4) is 0 Å². The molecule has 6 nitrogen and oxygen atoms in total. The molecule has 3 aromatic carbocycles. The van der Waals surface area contributed by atoms with Crippen molar-refractivity contribution in [3.05, 3.63) is 96.2 Å². The molecule has 1 N–H and O–H groups in total. The fourth-order valence-corrected chi connectivity index (χ4v) is 5.13. The zero-order valence-electron chi connectivity index (χ0n) is 19.9. The van der Waals surface area contributed by atoms with Crippen molar-refractivity contribution >= 4 is 45.7 Å². The van der Waals surface area contributed by atoms with Crippen molar-refractivity contribution < 1.29 is 14.3 Å². The summed E-state index contributed by atoms with van der Waals surface area (Å²) in [6.07, 6.45) is 6.05. The van der Waals surface area contributed by atoms with Gasteiger partial charge in [0, 0.05) is 47.1 Å². The molecule has 1 atom stereocenters. The molecule has 6 rings (SSSR count). The van der Waals surface area contributed by atoms with Gasteiger partial charge in [-0.3, -0.25) is 14.5 Å². The monoisotopic (exact) mass is 477 g/mol. The average Bonchev–Trinajstić information content (AvgIpc) is 3.62. The molecule has 3 heterocycles. The zero-order chi connectivity index (χ0) is 24.5. The molecule has 0 spiro atoms. The Morgan fingerprint density at radius 3 is 2.61 bits per heavy atom. The van der Waals surface area contributed by atoms with E-state index in [0.717, 1.165) is 52.9 Å². The summed E-state index contributed by atoms with van der Waals surface area (Å²) in [6.45, 7) is 1.51. The number of anilines is 2. The molecule has 0 bridgehead atoms. The molecule has 2 amide bonds. The Bertz CT molecular complexity index is 1470. The van der Waals surface area contributed by atoms with Crippen LogP contribution in [0, 0.1) is 0 Å². The fourth-order valence-electron chi connectivity index (χ4n) is 5.13. The third-order valence-corrected chi connectivity index (χ3v) is 6.87. The highest BCUT2D eigenvalue weighted by molar-refractivity contribution is 6.38. The molecule has 36 heavy (non-hydrogen) atoms. The molecular weight excluding hydrogens is 450 g/mol. The van der Waals surface area contributed by atoms with Crippen molar-refractivity contribution in [2.45, 2.75) is 25.5 Å². The van der Waals surface area contributed by atoms with E-state index in [1.807, 2.05) is 95.7 Å². The standard InChI is InChI=1S/C30H27N3O3/c34-29(31-18-23-11-8-16-36-23)20-32-19-21(24-12-4-6-14-27(24)32)17-26-25-13-5-7-15-28(25)33(30(26)35)22-9-2-1-3-10-22/h1-7,9-10,12-15,17,19,23H,8,11,16,18,20H2,(H,31,34)/b26-17+/t23-/m1/s1. The van der Waals surface area contributed by atoms with Crippen molar-refractivity contribution in [3.63, 3.8) is 0 Å². The van der Waals surface area contributed by atoms with E-state index < -0.39 is 0 Å². The third-order valence-electron chi connectivity index (χ3n) is 6.87. The van der Waals surface area contributed by atoms with Gasteiger partial charge in [-0.25, -0.2) is 0 Å². The second kappa shape index (κ2) is 9.47. The predicted molar refractivity (Wildman–Crippen MR) is 142 cm³/mol. The van der Waals surface area contributed by atoms with Gasteiger partial charge in [-0.2, -0.15) is 0 Å². The molecule has 2 aliphatic rings. The van der Waals surface area contributed by atoms with E-state index in [2.05, 4.69) is 5.32 Å². The number of rotatable bonds is 6. The first kappa shape index (κ1) is 22.3. The number of amides is 2. The van der Waals surface area contributed by atoms with Gasteiger partial charge in [-0.1, -0.05) is 54.6 Å². The Kier molecular flexibility index (Phi) is 5.87. The Morgan fingerprint density at radius 1 is 1.00 bits per heavy atom. The number of aromatic nitrogens is 1. The lowest BCUT2D eigenvalue weighted by molar-refractivity contribution is -0.122. The Labute approximate surface area is 209 Å². The van der Waals surface area contributed by atoms with E-state index >= 15 is 0 Å². The van der Waals surface area contributed by atoms with E-state index in [-0.39, 0.29) is 24.5 Å². The number of hydrogen-bond acceptors (Lipinski definition) is 3. The maximum Gasteiger partial charge on any atom is 0.263 e. The van der Waals surface area contributed by atoms with Gasteiger partial charge in [0.1, 0.15) is 6.54 Å². The Hall–Kier alpha value is -4.16. The van der Waals surface area contributed by atoms with Gasteiger partial charge < -0.3 is 14.6 Å². The minimum atomic E-state index is -0.0615. The summed E-state index contributed by atoms with van der Waals surface area (Å²) in [7, 11) is 0. The molecule has 1 aromatic heterocycles. The molecule has 0 radical (unpaired) electrons. The highest BCUT2D eigenvalue weighted by Gasteiger charge is 2.33. The molecule has 1 fully saturated rings. The van der Waals surface area contributed by atoms with Crippen LogP contribution in [0.5, 0.6) is 0 Å². The van der Waals surface area contributed by atoms with Crippen molar-refractivity contribution in [1.29, 1.82) is 0 Å². The first-order chi connectivity index (χ1) is 17.7. The normalized spacial score (nSPS) is 18.2. The second-order valence-corrected chi connectivity index (χ2v) is 9.22. The first-order valence-electron chi connectivity index (χ1n) is 12.4. The van der Waals surface area contributed by atoms with E-state index in [1.54, 1.807) is 4.90 Å². The number of ether oxygens (including phenoxy) is 1. The summed E-state index contributed by atoms with van der Waals surface area (Å²) in [5.41, 5.74) is 5.11. The number of carbonyl (C=O) groups is 2. The van der Waals surface area contributed by atoms with Crippen LogP contribution in [-0.2, 0) is 20.9 Å². The molecule has 0 aliphatic carbocycles. The molecule has 0 unspecified atom stereocenters. The number of hydrogen-bond donors (Lipinski definition) is 1. The third kappa shape index (κ3) is 4.10. The summed E-state index contributed by atoms with van der Waals surface area (Å²) in [5.74, 6) is -0.114. The van der Waals surface area contributed by atoms with Crippen LogP contribution >= 0.6 is 0 Å².